The molecule has 72 valence electrons. The third-order valence-corrected chi connectivity index (χ3v) is 2.93. The molecule has 1 aliphatic rings. The van der Waals surface area contributed by atoms with Crippen LogP contribution in [0, 0.1) is 5.92 Å². The number of hydrogen-bond donors (Lipinski definition) is 2. The van der Waals surface area contributed by atoms with Crippen LogP contribution in [0.3, 0.4) is 0 Å². The predicted molar refractivity (Wildman–Crippen MR) is 51.1 cm³/mol. The van der Waals surface area contributed by atoms with Crippen LogP contribution >= 0.6 is 0 Å². The lowest BCUT2D eigenvalue weighted by molar-refractivity contribution is 0.150. The van der Waals surface area contributed by atoms with Gasteiger partial charge in [-0.2, -0.15) is 0 Å². The van der Waals surface area contributed by atoms with E-state index >= 15 is 0 Å². The number of aliphatic hydroxyl groups excluding tert-OH is 1. The molecule has 1 aliphatic carbocycles. The second-order valence-electron chi connectivity index (χ2n) is 4.09. The molecule has 2 atom stereocenters. The molecule has 0 radical (unpaired) electrons. The van der Waals surface area contributed by atoms with Crippen LogP contribution in [-0.4, -0.2) is 23.8 Å². The second-order valence-corrected chi connectivity index (χ2v) is 4.09. The largest absolute Gasteiger partial charge is 0.392 e. The monoisotopic (exact) mass is 171 g/mol. The van der Waals surface area contributed by atoms with Gasteiger partial charge in [-0.25, -0.2) is 0 Å². The van der Waals surface area contributed by atoms with Crippen LogP contribution in [0.5, 0.6) is 0 Å². The summed E-state index contributed by atoms with van der Waals surface area (Å²) in [5.41, 5.74) is 0. The maximum atomic E-state index is 9.23. The highest BCUT2D eigenvalue weighted by Crippen LogP contribution is 2.23. The third kappa shape index (κ3) is 3.11. The first-order chi connectivity index (χ1) is 5.70. The number of aliphatic hydroxyl groups is 1. The molecule has 0 saturated heterocycles. The van der Waals surface area contributed by atoms with Crippen LogP contribution in [-0.2, 0) is 0 Å². The first kappa shape index (κ1) is 10.0. The zero-order valence-electron chi connectivity index (χ0n) is 8.21. The molecule has 1 fully saturated rings. The quantitative estimate of drug-likeness (QED) is 0.672. The molecule has 0 aliphatic heterocycles. The highest BCUT2D eigenvalue weighted by molar-refractivity contribution is 4.73. The van der Waals surface area contributed by atoms with E-state index in [4.69, 9.17) is 0 Å². The van der Waals surface area contributed by atoms with Crippen molar-refractivity contribution in [2.45, 2.75) is 51.7 Å². The lowest BCUT2D eigenvalue weighted by atomic mass is 10.1. The van der Waals surface area contributed by atoms with Crippen molar-refractivity contribution in [3.8, 4) is 0 Å². The van der Waals surface area contributed by atoms with Crippen LogP contribution in [0.25, 0.3) is 0 Å². The van der Waals surface area contributed by atoms with Gasteiger partial charge in [0.25, 0.3) is 0 Å². The smallest absolute Gasteiger partial charge is 0.0662 e. The van der Waals surface area contributed by atoms with E-state index in [1.54, 1.807) is 0 Å². The minimum absolute atomic E-state index is 0.230. The summed E-state index contributed by atoms with van der Waals surface area (Å²) in [7, 11) is 0. The Morgan fingerprint density at radius 2 is 1.92 bits per heavy atom. The van der Waals surface area contributed by atoms with Crippen LogP contribution in [0.2, 0.25) is 0 Å². The number of nitrogens with one attached hydrogen (secondary N) is 1. The van der Waals surface area contributed by atoms with Gasteiger partial charge < -0.3 is 10.4 Å². The Labute approximate surface area is 75.4 Å². The second kappa shape index (κ2) is 4.83. The lowest BCUT2D eigenvalue weighted by Crippen LogP contribution is -2.37. The molecule has 1 saturated carbocycles. The van der Waals surface area contributed by atoms with Crippen LogP contribution < -0.4 is 5.32 Å². The molecule has 1 rings (SSSR count). The molecule has 2 unspecified atom stereocenters. The van der Waals surface area contributed by atoms with Crippen LogP contribution in [0.4, 0.5) is 0 Å². The van der Waals surface area contributed by atoms with Gasteiger partial charge in [0.1, 0.15) is 0 Å². The average molecular weight is 171 g/mol. The SMILES string of the molecule is CC(O)C(C)NCC1CCCC1. The fraction of sp³-hybridized carbons (Fsp3) is 1.00. The van der Waals surface area contributed by atoms with Crippen molar-refractivity contribution in [3.63, 3.8) is 0 Å². The van der Waals surface area contributed by atoms with Crippen molar-refractivity contribution in [1.29, 1.82) is 0 Å². The van der Waals surface area contributed by atoms with Crippen molar-refractivity contribution in [1.82, 2.24) is 5.32 Å². The summed E-state index contributed by atoms with van der Waals surface area (Å²) < 4.78 is 0. The molecular formula is C10H21NO. The highest BCUT2D eigenvalue weighted by atomic mass is 16.3. The van der Waals surface area contributed by atoms with Gasteiger partial charge in [0.15, 0.2) is 0 Å². The summed E-state index contributed by atoms with van der Waals surface area (Å²) in [6.45, 7) is 4.97. The average Bonchev–Trinajstić information content (AvgIpc) is 2.51. The van der Waals surface area contributed by atoms with Gasteiger partial charge in [-0.3, -0.25) is 0 Å². The molecule has 12 heavy (non-hydrogen) atoms. The minimum atomic E-state index is -0.230. The minimum Gasteiger partial charge on any atom is -0.392 e. The molecule has 2 N–H and O–H groups in total. The Morgan fingerprint density at radius 1 is 1.33 bits per heavy atom. The Balaban J connectivity index is 2.07. The normalized spacial score (nSPS) is 24.2. The van der Waals surface area contributed by atoms with E-state index in [9.17, 15) is 5.11 Å². The number of rotatable bonds is 4. The van der Waals surface area contributed by atoms with Gasteiger partial charge in [0.05, 0.1) is 6.10 Å². The topological polar surface area (TPSA) is 32.3 Å². The lowest BCUT2D eigenvalue weighted by Gasteiger charge is -2.19. The number of hydrogen-bond acceptors (Lipinski definition) is 2. The van der Waals surface area contributed by atoms with Crippen molar-refractivity contribution in [3.05, 3.63) is 0 Å². The Bertz CT molecular complexity index is 117. The van der Waals surface area contributed by atoms with E-state index in [1.165, 1.54) is 25.7 Å². The van der Waals surface area contributed by atoms with Gasteiger partial charge in [0.2, 0.25) is 0 Å². The third-order valence-electron chi connectivity index (χ3n) is 2.93. The summed E-state index contributed by atoms with van der Waals surface area (Å²) >= 11 is 0. The Kier molecular flexibility index (Phi) is 4.02. The van der Waals surface area contributed by atoms with Crippen LogP contribution in [0.15, 0.2) is 0 Å². The molecule has 2 heteroatoms. The standard InChI is InChI=1S/C10H21NO/c1-8(9(2)12)11-7-10-5-3-4-6-10/h8-12H,3-7H2,1-2H3. The molecule has 0 amide bonds. The van der Waals surface area contributed by atoms with Crippen LogP contribution in [0.1, 0.15) is 39.5 Å². The van der Waals surface area contributed by atoms with E-state index < -0.39 is 0 Å². The molecule has 0 aromatic rings. The summed E-state index contributed by atoms with van der Waals surface area (Å²) in [6.07, 6.45) is 5.32. The van der Waals surface area contributed by atoms with Crippen molar-refractivity contribution < 1.29 is 5.11 Å². The summed E-state index contributed by atoms with van der Waals surface area (Å²) in [4.78, 5) is 0. The van der Waals surface area contributed by atoms with Gasteiger partial charge in [-0.15, -0.1) is 0 Å². The van der Waals surface area contributed by atoms with E-state index in [2.05, 4.69) is 5.32 Å². The Morgan fingerprint density at radius 3 is 2.42 bits per heavy atom. The first-order valence-electron chi connectivity index (χ1n) is 5.11. The van der Waals surface area contributed by atoms with Crippen molar-refractivity contribution >= 4 is 0 Å². The molecular weight excluding hydrogens is 150 g/mol. The van der Waals surface area contributed by atoms with E-state index in [-0.39, 0.29) is 12.1 Å². The van der Waals surface area contributed by atoms with Gasteiger partial charge in [-0.05, 0) is 39.2 Å². The summed E-state index contributed by atoms with van der Waals surface area (Å²) in [6, 6.07) is 0.241. The predicted octanol–water partition coefficient (Wildman–Crippen LogP) is 1.54. The molecule has 0 aromatic heterocycles. The maximum Gasteiger partial charge on any atom is 0.0662 e. The summed E-state index contributed by atoms with van der Waals surface area (Å²) in [5, 5.41) is 12.6. The first-order valence-corrected chi connectivity index (χ1v) is 5.11. The van der Waals surface area contributed by atoms with E-state index in [0.29, 0.717) is 0 Å². The fourth-order valence-corrected chi connectivity index (χ4v) is 1.74. The molecule has 0 bridgehead atoms. The highest BCUT2D eigenvalue weighted by Gasteiger charge is 2.16. The van der Waals surface area contributed by atoms with Gasteiger partial charge in [0, 0.05) is 6.04 Å². The van der Waals surface area contributed by atoms with E-state index in [0.717, 1.165) is 12.5 Å². The van der Waals surface area contributed by atoms with Gasteiger partial charge >= 0.3 is 0 Å². The zero-order chi connectivity index (χ0) is 8.97. The molecule has 0 aromatic carbocycles. The molecule has 2 nitrogen and oxygen atoms in total. The summed E-state index contributed by atoms with van der Waals surface area (Å²) in [5.74, 6) is 0.867. The molecule has 0 heterocycles. The maximum absolute atomic E-state index is 9.23. The van der Waals surface area contributed by atoms with Gasteiger partial charge in [-0.1, -0.05) is 12.8 Å². The Hall–Kier alpha value is -0.0800. The van der Waals surface area contributed by atoms with E-state index in [1.807, 2.05) is 13.8 Å². The fourth-order valence-electron chi connectivity index (χ4n) is 1.74. The van der Waals surface area contributed by atoms with Crippen molar-refractivity contribution in [2.24, 2.45) is 5.92 Å². The zero-order valence-corrected chi connectivity index (χ0v) is 8.21. The van der Waals surface area contributed by atoms with Crippen molar-refractivity contribution in [2.75, 3.05) is 6.54 Å². The molecule has 0 spiro atoms.